The van der Waals surface area contributed by atoms with E-state index in [4.69, 9.17) is 0 Å². The fourth-order valence-electron chi connectivity index (χ4n) is 3.72. The first kappa shape index (κ1) is 17.0. The molecule has 0 bridgehead atoms. The number of aromatic hydroxyl groups is 2. The highest BCUT2D eigenvalue weighted by molar-refractivity contribution is 7.80. The Hall–Kier alpha value is -2.47. The van der Waals surface area contributed by atoms with Crippen LogP contribution in [0.1, 0.15) is 42.9 Å². The fourth-order valence-corrected chi connectivity index (χ4v) is 3.96. The molecule has 0 atom stereocenters. The number of benzene rings is 2. The van der Waals surface area contributed by atoms with Crippen LogP contribution in [0.2, 0.25) is 0 Å². The van der Waals surface area contributed by atoms with Crippen LogP contribution >= 0.6 is 12.6 Å². The smallest absolute Gasteiger partial charge is 0.193 e. The van der Waals surface area contributed by atoms with E-state index in [0.29, 0.717) is 16.5 Å². The molecule has 6 heteroatoms. The molecule has 5 nitrogen and oxygen atoms in total. The van der Waals surface area contributed by atoms with Gasteiger partial charge in [-0.2, -0.15) is 0 Å². The first-order valence-electron chi connectivity index (χ1n) is 8.79. The highest BCUT2D eigenvalue weighted by atomic mass is 32.1. The van der Waals surface area contributed by atoms with E-state index in [1.165, 1.54) is 17.2 Å². The zero-order chi connectivity index (χ0) is 18.4. The Morgan fingerprint density at radius 1 is 1.08 bits per heavy atom. The molecule has 26 heavy (non-hydrogen) atoms. The number of nitrogens with zero attached hydrogens (tertiary/aromatic N) is 3. The van der Waals surface area contributed by atoms with E-state index in [-0.39, 0.29) is 17.4 Å². The molecule has 134 valence electrons. The van der Waals surface area contributed by atoms with Crippen LogP contribution in [0.3, 0.4) is 0 Å². The summed E-state index contributed by atoms with van der Waals surface area (Å²) in [4.78, 5) is 0. The van der Waals surface area contributed by atoms with Crippen molar-refractivity contribution >= 4 is 12.6 Å². The molecule has 0 unspecified atom stereocenters. The zero-order valence-corrected chi connectivity index (χ0v) is 15.7. The minimum atomic E-state index is -0.0264. The van der Waals surface area contributed by atoms with E-state index >= 15 is 0 Å². The number of aromatic nitrogens is 3. The molecular formula is C20H21N3O2S. The van der Waals surface area contributed by atoms with E-state index in [1.54, 1.807) is 6.07 Å². The SMILES string of the molecule is CC(C)c1cc(-c2nnc(S)n2-c2cccc3c2CCC3)c(O)cc1O. The number of hydrogen-bond acceptors (Lipinski definition) is 5. The van der Waals surface area contributed by atoms with Gasteiger partial charge in [0.05, 0.1) is 11.3 Å². The minimum Gasteiger partial charge on any atom is -0.508 e. The third-order valence-corrected chi connectivity index (χ3v) is 5.31. The van der Waals surface area contributed by atoms with Crippen LogP contribution in [0.5, 0.6) is 11.5 Å². The first-order valence-corrected chi connectivity index (χ1v) is 9.24. The van der Waals surface area contributed by atoms with Crippen LogP contribution in [0.4, 0.5) is 0 Å². The van der Waals surface area contributed by atoms with Crippen molar-refractivity contribution in [1.29, 1.82) is 0 Å². The van der Waals surface area contributed by atoms with E-state index in [2.05, 4.69) is 28.9 Å². The highest BCUT2D eigenvalue weighted by Crippen LogP contribution is 2.39. The van der Waals surface area contributed by atoms with Crippen molar-refractivity contribution in [2.75, 3.05) is 0 Å². The van der Waals surface area contributed by atoms with E-state index in [1.807, 2.05) is 30.5 Å². The first-order chi connectivity index (χ1) is 12.5. The van der Waals surface area contributed by atoms with Crippen molar-refractivity contribution in [1.82, 2.24) is 14.8 Å². The van der Waals surface area contributed by atoms with Crippen LogP contribution in [-0.2, 0) is 12.8 Å². The van der Waals surface area contributed by atoms with Crippen molar-refractivity contribution in [2.24, 2.45) is 0 Å². The Balaban J connectivity index is 1.95. The standard InChI is InChI=1S/C20H21N3O2S/c1-11(2)14-9-15(18(25)10-17(14)24)19-21-22-20(26)23(19)16-8-4-6-12-5-3-7-13(12)16/h4,6,8-11,24-25H,3,5,7H2,1-2H3,(H,22,26). The van der Waals surface area contributed by atoms with Gasteiger partial charge >= 0.3 is 0 Å². The molecule has 0 amide bonds. The molecule has 2 N–H and O–H groups in total. The molecule has 2 aromatic carbocycles. The number of fused-ring (bicyclic) bond motifs is 1. The Bertz CT molecular complexity index is 995. The topological polar surface area (TPSA) is 71.2 Å². The van der Waals surface area contributed by atoms with Gasteiger partial charge in [0, 0.05) is 6.07 Å². The van der Waals surface area contributed by atoms with Gasteiger partial charge in [-0.25, -0.2) is 0 Å². The lowest BCUT2D eigenvalue weighted by Gasteiger charge is -2.15. The second kappa shape index (κ2) is 6.36. The van der Waals surface area contributed by atoms with Crippen molar-refractivity contribution in [2.45, 2.75) is 44.2 Å². The van der Waals surface area contributed by atoms with Crippen LogP contribution in [-0.4, -0.2) is 25.0 Å². The van der Waals surface area contributed by atoms with Crippen molar-refractivity contribution < 1.29 is 10.2 Å². The summed E-state index contributed by atoms with van der Waals surface area (Å²) >= 11 is 4.50. The van der Waals surface area contributed by atoms with Crippen LogP contribution in [0.15, 0.2) is 35.5 Å². The molecule has 3 aromatic rings. The van der Waals surface area contributed by atoms with Gasteiger partial charge in [-0.05, 0) is 54.0 Å². The second-order valence-electron chi connectivity index (χ2n) is 7.01. The van der Waals surface area contributed by atoms with Crippen molar-refractivity contribution in [3.05, 3.63) is 47.0 Å². The van der Waals surface area contributed by atoms with Gasteiger partial charge in [0.15, 0.2) is 11.0 Å². The fraction of sp³-hybridized carbons (Fsp3) is 0.300. The maximum absolute atomic E-state index is 10.5. The second-order valence-corrected chi connectivity index (χ2v) is 7.41. The Morgan fingerprint density at radius 3 is 2.65 bits per heavy atom. The lowest BCUT2D eigenvalue weighted by Crippen LogP contribution is -2.03. The molecule has 1 heterocycles. The number of phenols is 2. The van der Waals surface area contributed by atoms with E-state index in [9.17, 15) is 10.2 Å². The third kappa shape index (κ3) is 2.65. The summed E-state index contributed by atoms with van der Waals surface area (Å²) in [6.45, 7) is 3.99. The predicted octanol–water partition coefficient (Wildman–Crippen LogP) is 4.25. The quantitative estimate of drug-likeness (QED) is 0.605. The summed E-state index contributed by atoms with van der Waals surface area (Å²) in [5.74, 6) is 0.692. The van der Waals surface area contributed by atoms with E-state index in [0.717, 1.165) is 30.5 Å². The van der Waals surface area contributed by atoms with Gasteiger partial charge in [0.2, 0.25) is 0 Å². The Labute approximate surface area is 157 Å². The average Bonchev–Trinajstić information content (AvgIpc) is 3.21. The van der Waals surface area contributed by atoms with Crippen LogP contribution in [0.25, 0.3) is 17.1 Å². The Kier molecular flexibility index (Phi) is 4.15. The largest absolute Gasteiger partial charge is 0.508 e. The summed E-state index contributed by atoms with van der Waals surface area (Å²) in [5, 5.41) is 29.5. The zero-order valence-electron chi connectivity index (χ0n) is 14.8. The van der Waals surface area contributed by atoms with Gasteiger partial charge in [-0.3, -0.25) is 4.57 Å². The average molecular weight is 367 g/mol. The molecule has 0 fully saturated rings. The molecule has 0 saturated carbocycles. The van der Waals surface area contributed by atoms with Gasteiger partial charge in [-0.15, -0.1) is 22.8 Å². The minimum absolute atomic E-state index is 0.0264. The van der Waals surface area contributed by atoms with Gasteiger partial charge in [0.25, 0.3) is 0 Å². The monoisotopic (exact) mass is 367 g/mol. The van der Waals surface area contributed by atoms with Crippen molar-refractivity contribution in [3.8, 4) is 28.6 Å². The summed E-state index contributed by atoms with van der Waals surface area (Å²) in [7, 11) is 0. The molecule has 0 spiro atoms. The summed E-state index contributed by atoms with van der Waals surface area (Å²) in [6.07, 6.45) is 3.22. The molecule has 1 aliphatic rings. The number of thiol groups is 1. The number of aryl methyl sites for hydroxylation is 1. The predicted molar refractivity (Wildman–Crippen MR) is 103 cm³/mol. The maximum Gasteiger partial charge on any atom is 0.193 e. The molecule has 0 saturated heterocycles. The molecular weight excluding hydrogens is 346 g/mol. The molecule has 1 aliphatic carbocycles. The van der Waals surface area contributed by atoms with Crippen molar-refractivity contribution in [3.63, 3.8) is 0 Å². The third-order valence-electron chi connectivity index (χ3n) is 5.02. The van der Waals surface area contributed by atoms with Crippen LogP contribution < -0.4 is 0 Å². The summed E-state index contributed by atoms with van der Waals surface area (Å²) < 4.78 is 1.88. The normalized spacial score (nSPS) is 13.4. The molecule has 0 aliphatic heterocycles. The lowest BCUT2D eigenvalue weighted by atomic mass is 9.98. The van der Waals surface area contributed by atoms with Gasteiger partial charge in [0.1, 0.15) is 11.5 Å². The number of phenolic OH excluding ortho intramolecular Hbond substituents is 2. The van der Waals surface area contributed by atoms with Gasteiger partial charge < -0.3 is 10.2 Å². The molecule has 1 aromatic heterocycles. The molecule has 0 radical (unpaired) electrons. The lowest BCUT2D eigenvalue weighted by molar-refractivity contribution is 0.444. The maximum atomic E-state index is 10.5. The number of rotatable bonds is 3. The number of hydrogen-bond donors (Lipinski definition) is 3. The Morgan fingerprint density at radius 2 is 1.88 bits per heavy atom. The summed E-state index contributed by atoms with van der Waals surface area (Å²) in [5.41, 5.74) is 4.92. The van der Waals surface area contributed by atoms with Crippen LogP contribution in [0, 0.1) is 0 Å². The van der Waals surface area contributed by atoms with Gasteiger partial charge in [-0.1, -0.05) is 26.0 Å². The molecule has 4 rings (SSSR count). The summed E-state index contributed by atoms with van der Waals surface area (Å²) in [6, 6.07) is 9.39. The highest BCUT2D eigenvalue weighted by Gasteiger charge is 2.23. The van der Waals surface area contributed by atoms with E-state index < -0.39 is 0 Å².